The van der Waals surface area contributed by atoms with Crippen molar-refractivity contribution >= 4 is 11.6 Å². The number of rotatable bonds is 5. The van der Waals surface area contributed by atoms with Gasteiger partial charge in [-0.25, -0.2) is 0 Å². The molecule has 0 saturated heterocycles. The van der Waals surface area contributed by atoms with Gasteiger partial charge in [-0.1, -0.05) is 31.9 Å². The number of hydrogen-bond donors (Lipinski definition) is 2. The minimum absolute atomic E-state index is 0.163. The maximum Gasteiger partial charge on any atom is 0.220 e. The Labute approximate surface area is 115 Å². The summed E-state index contributed by atoms with van der Waals surface area (Å²) in [6.07, 6.45) is 5.74. The van der Waals surface area contributed by atoms with Crippen LogP contribution in [0.5, 0.6) is 0 Å². The van der Waals surface area contributed by atoms with Crippen molar-refractivity contribution in [2.24, 2.45) is 5.92 Å². The van der Waals surface area contributed by atoms with Gasteiger partial charge in [-0.2, -0.15) is 0 Å². The molecule has 1 amide bonds. The number of nitrogens with one attached hydrogen (secondary N) is 1. The van der Waals surface area contributed by atoms with Crippen molar-refractivity contribution < 1.29 is 4.79 Å². The third-order valence-electron chi connectivity index (χ3n) is 4.06. The fraction of sp³-hybridized carbons (Fsp3) is 0.562. The fourth-order valence-corrected chi connectivity index (χ4v) is 2.77. The van der Waals surface area contributed by atoms with E-state index in [4.69, 9.17) is 5.73 Å². The fourth-order valence-electron chi connectivity index (χ4n) is 2.77. The Balaban J connectivity index is 1.76. The number of nitrogens with two attached hydrogens (primary N) is 1. The smallest absolute Gasteiger partial charge is 0.220 e. The summed E-state index contributed by atoms with van der Waals surface area (Å²) in [6.45, 7) is 2.94. The summed E-state index contributed by atoms with van der Waals surface area (Å²) in [5.41, 5.74) is 7.60. The SMILES string of the molecule is CC(CC(=O)NCC1CCCC1)c1ccc(N)cc1. The highest BCUT2D eigenvalue weighted by Gasteiger charge is 2.16. The summed E-state index contributed by atoms with van der Waals surface area (Å²) in [5.74, 6) is 1.11. The third-order valence-corrected chi connectivity index (χ3v) is 4.06. The van der Waals surface area contributed by atoms with Gasteiger partial charge in [0.2, 0.25) is 5.91 Å². The largest absolute Gasteiger partial charge is 0.399 e. The topological polar surface area (TPSA) is 55.1 Å². The molecule has 2 rings (SSSR count). The lowest BCUT2D eigenvalue weighted by molar-refractivity contribution is -0.121. The van der Waals surface area contributed by atoms with Crippen molar-refractivity contribution in [2.45, 2.75) is 44.9 Å². The number of nitrogen functional groups attached to an aromatic ring is 1. The molecule has 1 aliphatic carbocycles. The molecule has 0 bridgehead atoms. The molecular weight excluding hydrogens is 236 g/mol. The number of benzene rings is 1. The van der Waals surface area contributed by atoms with Gasteiger partial charge in [0.25, 0.3) is 0 Å². The molecule has 1 aliphatic rings. The summed E-state index contributed by atoms with van der Waals surface area (Å²) in [5, 5.41) is 3.07. The van der Waals surface area contributed by atoms with Crippen molar-refractivity contribution in [3.05, 3.63) is 29.8 Å². The van der Waals surface area contributed by atoms with Crippen LogP contribution in [0.3, 0.4) is 0 Å². The maximum atomic E-state index is 11.9. The van der Waals surface area contributed by atoms with Crippen molar-refractivity contribution in [1.82, 2.24) is 5.32 Å². The number of amides is 1. The Morgan fingerprint density at radius 1 is 1.32 bits per heavy atom. The first-order chi connectivity index (χ1) is 9.15. The van der Waals surface area contributed by atoms with Crippen LogP contribution in [-0.4, -0.2) is 12.5 Å². The molecule has 0 aromatic heterocycles. The van der Waals surface area contributed by atoms with Gasteiger partial charge in [0.1, 0.15) is 0 Å². The summed E-state index contributed by atoms with van der Waals surface area (Å²) >= 11 is 0. The minimum atomic E-state index is 0.163. The Morgan fingerprint density at radius 2 is 1.95 bits per heavy atom. The molecule has 19 heavy (non-hydrogen) atoms. The first-order valence-electron chi connectivity index (χ1n) is 7.27. The zero-order valence-electron chi connectivity index (χ0n) is 11.7. The minimum Gasteiger partial charge on any atom is -0.399 e. The van der Waals surface area contributed by atoms with Gasteiger partial charge in [0, 0.05) is 18.7 Å². The molecule has 0 spiro atoms. The third kappa shape index (κ3) is 4.27. The van der Waals surface area contributed by atoms with Crippen molar-refractivity contribution in [3.8, 4) is 0 Å². The van der Waals surface area contributed by atoms with E-state index in [9.17, 15) is 4.79 Å². The van der Waals surface area contributed by atoms with Crippen molar-refractivity contribution in [3.63, 3.8) is 0 Å². The van der Waals surface area contributed by atoms with Crippen LogP contribution >= 0.6 is 0 Å². The number of anilines is 1. The second-order valence-corrected chi connectivity index (χ2v) is 5.73. The maximum absolute atomic E-state index is 11.9. The standard InChI is InChI=1S/C16H24N2O/c1-12(14-6-8-15(17)9-7-14)10-16(19)18-11-13-4-2-3-5-13/h6-9,12-13H,2-5,10-11,17H2,1H3,(H,18,19). The van der Waals surface area contributed by atoms with Gasteiger partial charge in [-0.3, -0.25) is 4.79 Å². The van der Waals surface area contributed by atoms with E-state index >= 15 is 0 Å². The molecule has 1 saturated carbocycles. The van der Waals surface area contributed by atoms with E-state index in [1.54, 1.807) is 0 Å². The monoisotopic (exact) mass is 260 g/mol. The molecule has 1 aromatic rings. The Bertz CT molecular complexity index is 407. The van der Waals surface area contributed by atoms with E-state index < -0.39 is 0 Å². The molecular formula is C16H24N2O. The van der Waals surface area contributed by atoms with Crippen LogP contribution in [0, 0.1) is 5.92 Å². The van der Waals surface area contributed by atoms with E-state index in [0.717, 1.165) is 12.2 Å². The van der Waals surface area contributed by atoms with E-state index in [2.05, 4.69) is 12.2 Å². The van der Waals surface area contributed by atoms with E-state index in [1.807, 2.05) is 24.3 Å². The van der Waals surface area contributed by atoms with Gasteiger partial charge in [0.05, 0.1) is 0 Å². The van der Waals surface area contributed by atoms with E-state index in [0.29, 0.717) is 12.3 Å². The number of carbonyl (C=O) groups excluding carboxylic acids is 1. The van der Waals surface area contributed by atoms with Crippen LogP contribution in [0.1, 0.15) is 50.5 Å². The molecule has 0 heterocycles. The van der Waals surface area contributed by atoms with Gasteiger partial charge in [-0.15, -0.1) is 0 Å². The van der Waals surface area contributed by atoms with Gasteiger partial charge >= 0.3 is 0 Å². The van der Waals surface area contributed by atoms with Gasteiger partial charge in [-0.05, 0) is 42.4 Å². The van der Waals surface area contributed by atoms with Crippen molar-refractivity contribution in [2.75, 3.05) is 12.3 Å². The van der Waals surface area contributed by atoms with Crippen LogP contribution in [0.2, 0.25) is 0 Å². The van der Waals surface area contributed by atoms with Gasteiger partial charge < -0.3 is 11.1 Å². The number of hydrogen-bond acceptors (Lipinski definition) is 2. The second-order valence-electron chi connectivity index (χ2n) is 5.73. The Hall–Kier alpha value is -1.51. The van der Waals surface area contributed by atoms with Crippen LogP contribution in [0.4, 0.5) is 5.69 Å². The zero-order valence-corrected chi connectivity index (χ0v) is 11.7. The molecule has 1 unspecified atom stereocenters. The molecule has 0 radical (unpaired) electrons. The molecule has 3 nitrogen and oxygen atoms in total. The molecule has 1 aromatic carbocycles. The molecule has 3 heteroatoms. The van der Waals surface area contributed by atoms with Crippen LogP contribution in [0.15, 0.2) is 24.3 Å². The first-order valence-corrected chi connectivity index (χ1v) is 7.27. The lowest BCUT2D eigenvalue weighted by atomic mass is 9.97. The normalized spacial score (nSPS) is 17.3. The summed E-state index contributed by atoms with van der Waals surface area (Å²) < 4.78 is 0. The summed E-state index contributed by atoms with van der Waals surface area (Å²) in [7, 11) is 0. The average Bonchev–Trinajstić information content (AvgIpc) is 2.90. The van der Waals surface area contributed by atoms with E-state index in [1.165, 1.54) is 31.2 Å². The summed E-state index contributed by atoms with van der Waals surface area (Å²) in [6, 6.07) is 7.79. The zero-order chi connectivity index (χ0) is 13.7. The van der Waals surface area contributed by atoms with Gasteiger partial charge in [0.15, 0.2) is 0 Å². The molecule has 1 atom stereocenters. The van der Waals surface area contributed by atoms with Crippen LogP contribution in [-0.2, 0) is 4.79 Å². The second kappa shape index (κ2) is 6.60. The first kappa shape index (κ1) is 13.9. The highest BCUT2D eigenvalue weighted by Crippen LogP contribution is 2.24. The lowest BCUT2D eigenvalue weighted by Crippen LogP contribution is -2.29. The quantitative estimate of drug-likeness (QED) is 0.799. The lowest BCUT2D eigenvalue weighted by Gasteiger charge is -2.14. The van der Waals surface area contributed by atoms with Crippen LogP contribution in [0.25, 0.3) is 0 Å². The molecule has 3 N–H and O–H groups in total. The predicted octanol–water partition coefficient (Wildman–Crippen LogP) is 3.07. The Kier molecular flexibility index (Phi) is 4.83. The molecule has 1 fully saturated rings. The highest BCUT2D eigenvalue weighted by atomic mass is 16.1. The molecule has 104 valence electrons. The summed E-state index contributed by atoms with van der Waals surface area (Å²) in [4.78, 5) is 11.9. The molecule has 0 aliphatic heterocycles. The highest BCUT2D eigenvalue weighted by molar-refractivity contribution is 5.76. The van der Waals surface area contributed by atoms with E-state index in [-0.39, 0.29) is 11.8 Å². The predicted molar refractivity (Wildman–Crippen MR) is 78.9 cm³/mol. The average molecular weight is 260 g/mol. The number of carbonyl (C=O) groups is 1. The Morgan fingerprint density at radius 3 is 2.58 bits per heavy atom. The van der Waals surface area contributed by atoms with Crippen molar-refractivity contribution in [1.29, 1.82) is 0 Å². The van der Waals surface area contributed by atoms with Crippen LogP contribution < -0.4 is 11.1 Å².